The van der Waals surface area contributed by atoms with E-state index in [1.54, 1.807) is 20.1 Å². The molecule has 2 aromatic rings. The summed E-state index contributed by atoms with van der Waals surface area (Å²) in [6, 6.07) is 10.2. The second-order valence-corrected chi connectivity index (χ2v) is 4.97. The van der Waals surface area contributed by atoms with Crippen molar-refractivity contribution in [2.75, 3.05) is 7.11 Å². The Balaban J connectivity index is 2.15. The van der Waals surface area contributed by atoms with Crippen molar-refractivity contribution in [2.45, 2.75) is 26.6 Å². The third-order valence-corrected chi connectivity index (χ3v) is 3.26. The lowest BCUT2D eigenvalue weighted by Gasteiger charge is -2.12. The summed E-state index contributed by atoms with van der Waals surface area (Å²) in [6.45, 7) is 3.78. The summed E-state index contributed by atoms with van der Waals surface area (Å²) in [6.07, 6.45) is -0.703. The van der Waals surface area contributed by atoms with Crippen LogP contribution in [-0.2, 0) is 6.61 Å². The molecule has 3 nitrogen and oxygen atoms in total. The highest BCUT2D eigenvalue weighted by Crippen LogP contribution is 2.25. The van der Waals surface area contributed by atoms with Crippen molar-refractivity contribution >= 4 is 0 Å². The SMILES string of the molecule is COc1ccc(C)cc1COc1ccc([C@@H](C)O)cc1F. The zero-order valence-corrected chi connectivity index (χ0v) is 12.4. The van der Waals surface area contributed by atoms with Gasteiger partial charge in [-0.1, -0.05) is 17.7 Å². The number of ether oxygens (including phenoxy) is 2. The summed E-state index contributed by atoms with van der Waals surface area (Å²) in [5.74, 6) is 0.379. The van der Waals surface area contributed by atoms with Gasteiger partial charge >= 0.3 is 0 Å². The predicted octanol–water partition coefficient (Wildman–Crippen LogP) is 3.78. The summed E-state index contributed by atoms with van der Waals surface area (Å²) < 4.78 is 24.7. The van der Waals surface area contributed by atoms with Crippen LogP contribution in [-0.4, -0.2) is 12.2 Å². The van der Waals surface area contributed by atoms with Crippen molar-refractivity contribution in [3.05, 3.63) is 58.9 Å². The minimum atomic E-state index is -0.703. The lowest BCUT2D eigenvalue weighted by molar-refractivity contribution is 0.198. The first-order valence-electron chi connectivity index (χ1n) is 6.75. The number of aliphatic hydroxyl groups is 1. The van der Waals surface area contributed by atoms with Gasteiger partial charge in [0.2, 0.25) is 0 Å². The topological polar surface area (TPSA) is 38.7 Å². The van der Waals surface area contributed by atoms with Crippen LogP contribution in [0, 0.1) is 12.7 Å². The summed E-state index contributed by atoms with van der Waals surface area (Å²) in [7, 11) is 1.59. The smallest absolute Gasteiger partial charge is 0.165 e. The van der Waals surface area contributed by atoms with Gasteiger partial charge in [0.1, 0.15) is 12.4 Å². The molecule has 0 saturated carbocycles. The van der Waals surface area contributed by atoms with E-state index in [4.69, 9.17) is 9.47 Å². The first kappa shape index (κ1) is 15.3. The van der Waals surface area contributed by atoms with Gasteiger partial charge in [0.25, 0.3) is 0 Å². The van der Waals surface area contributed by atoms with Crippen molar-refractivity contribution in [3.63, 3.8) is 0 Å². The molecular formula is C17H19FO3. The monoisotopic (exact) mass is 290 g/mol. The van der Waals surface area contributed by atoms with Crippen LogP contribution in [0.15, 0.2) is 36.4 Å². The van der Waals surface area contributed by atoms with Gasteiger partial charge in [-0.05, 0) is 43.7 Å². The number of hydrogen-bond donors (Lipinski definition) is 1. The van der Waals surface area contributed by atoms with Crippen molar-refractivity contribution in [2.24, 2.45) is 0 Å². The molecule has 0 saturated heterocycles. The van der Waals surface area contributed by atoms with Crippen molar-refractivity contribution in [1.82, 2.24) is 0 Å². The number of aliphatic hydroxyl groups excluding tert-OH is 1. The van der Waals surface area contributed by atoms with Gasteiger partial charge < -0.3 is 14.6 Å². The number of methoxy groups -OCH3 is 1. The summed E-state index contributed by atoms with van der Waals surface area (Å²) in [4.78, 5) is 0. The Morgan fingerprint density at radius 3 is 2.48 bits per heavy atom. The van der Waals surface area contributed by atoms with E-state index in [2.05, 4.69) is 0 Å². The Hall–Kier alpha value is -2.07. The Kier molecular flexibility index (Phi) is 4.81. The predicted molar refractivity (Wildman–Crippen MR) is 79.1 cm³/mol. The molecule has 2 aromatic carbocycles. The van der Waals surface area contributed by atoms with Gasteiger partial charge in [0.15, 0.2) is 11.6 Å². The maximum Gasteiger partial charge on any atom is 0.165 e. The van der Waals surface area contributed by atoms with Crippen molar-refractivity contribution in [3.8, 4) is 11.5 Å². The third-order valence-electron chi connectivity index (χ3n) is 3.26. The van der Waals surface area contributed by atoms with Gasteiger partial charge in [0, 0.05) is 5.56 Å². The third kappa shape index (κ3) is 3.73. The summed E-state index contributed by atoms with van der Waals surface area (Å²) >= 11 is 0. The average Bonchev–Trinajstić information content (AvgIpc) is 2.46. The molecule has 1 atom stereocenters. The molecule has 0 aliphatic rings. The Bertz CT molecular complexity index is 623. The van der Waals surface area contributed by atoms with E-state index in [-0.39, 0.29) is 12.4 Å². The van der Waals surface area contributed by atoms with Crippen LogP contribution in [0.3, 0.4) is 0 Å². The van der Waals surface area contributed by atoms with Crippen LogP contribution in [0.1, 0.15) is 29.7 Å². The van der Waals surface area contributed by atoms with E-state index in [1.807, 2.05) is 25.1 Å². The molecule has 0 amide bonds. The molecule has 1 N–H and O–H groups in total. The number of hydrogen-bond acceptors (Lipinski definition) is 3. The minimum absolute atomic E-state index is 0.156. The average molecular weight is 290 g/mol. The van der Waals surface area contributed by atoms with Gasteiger partial charge in [-0.3, -0.25) is 0 Å². The molecule has 0 aliphatic heterocycles. The molecule has 2 rings (SSSR count). The minimum Gasteiger partial charge on any atom is -0.496 e. The first-order valence-corrected chi connectivity index (χ1v) is 6.75. The zero-order valence-electron chi connectivity index (χ0n) is 12.4. The highest BCUT2D eigenvalue weighted by molar-refractivity contribution is 5.37. The fraction of sp³-hybridized carbons (Fsp3) is 0.294. The molecular weight excluding hydrogens is 271 g/mol. The second-order valence-electron chi connectivity index (χ2n) is 4.97. The maximum absolute atomic E-state index is 13.9. The maximum atomic E-state index is 13.9. The number of benzene rings is 2. The summed E-state index contributed by atoms with van der Waals surface area (Å²) in [5.41, 5.74) is 2.46. The van der Waals surface area contributed by atoms with Crippen LogP contribution in [0.5, 0.6) is 11.5 Å². The van der Waals surface area contributed by atoms with Gasteiger partial charge in [-0.15, -0.1) is 0 Å². The van der Waals surface area contributed by atoms with Crippen molar-refractivity contribution in [1.29, 1.82) is 0 Å². The number of rotatable bonds is 5. The van der Waals surface area contributed by atoms with E-state index in [0.29, 0.717) is 11.3 Å². The number of halogens is 1. The first-order chi connectivity index (χ1) is 10.0. The molecule has 0 spiro atoms. The quantitative estimate of drug-likeness (QED) is 0.911. The molecule has 0 aromatic heterocycles. The molecule has 0 unspecified atom stereocenters. The van der Waals surface area contributed by atoms with E-state index in [9.17, 15) is 9.50 Å². The normalized spacial score (nSPS) is 12.0. The van der Waals surface area contributed by atoms with Gasteiger partial charge in [-0.25, -0.2) is 4.39 Å². The highest BCUT2D eigenvalue weighted by atomic mass is 19.1. The van der Waals surface area contributed by atoms with E-state index in [1.165, 1.54) is 12.1 Å². The number of aryl methyl sites for hydroxylation is 1. The largest absolute Gasteiger partial charge is 0.496 e. The molecule has 0 fully saturated rings. The standard InChI is InChI=1S/C17H19FO3/c1-11-4-6-16(20-3)14(8-11)10-21-17-7-5-13(12(2)19)9-15(17)18/h4-9,12,19H,10H2,1-3H3/t12-/m1/s1. The zero-order chi connectivity index (χ0) is 15.4. The molecule has 4 heteroatoms. The van der Waals surface area contributed by atoms with Crippen LogP contribution < -0.4 is 9.47 Å². The summed E-state index contributed by atoms with van der Waals surface area (Å²) in [5, 5.41) is 9.42. The van der Waals surface area contributed by atoms with E-state index in [0.717, 1.165) is 11.1 Å². The van der Waals surface area contributed by atoms with Crippen LogP contribution >= 0.6 is 0 Å². The van der Waals surface area contributed by atoms with E-state index >= 15 is 0 Å². The fourth-order valence-electron chi connectivity index (χ4n) is 2.07. The lowest BCUT2D eigenvalue weighted by atomic mass is 10.1. The molecule has 0 heterocycles. The molecule has 21 heavy (non-hydrogen) atoms. The van der Waals surface area contributed by atoms with Crippen LogP contribution in [0.4, 0.5) is 4.39 Å². The fourth-order valence-corrected chi connectivity index (χ4v) is 2.07. The lowest BCUT2D eigenvalue weighted by Crippen LogP contribution is -2.01. The van der Waals surface area contributed by atoms with Gasteiger partial charge in [-0.2, -0.15) is 0 Å². The van der Waals surface area contributed by atoms with Crippen LogP contribution in [0.25, 0.3) is 0 Å². The Morgan fingerprint density at radius 2 is 1.86 bits per heavy atom. The van der Waals surface area contributed by atoms with E-state index < -0.39 is 11.9 Å². The Labute approximate surface area is 124 Å². The molecule has 112 valence electrons. The Morgan fingerprint density at radius 1 is 1.14 bits per heavy atom. The molecule has 0 bridgehead atoms. The van der Waals surface area contributed by atoms with Gasteiger partial charge in [0.05, 0.1) is 13.2 Å². The van der Waals surface area contributed by atoms with Crippen molar-refractivity contribution < 1.29 is 19.0 Å². The molecule has 0 aliphatic carbocycles. The van der Waals surface area contributed by atoms with Crippen LogP contribution in [0.2, 0.25) is 0 Å². The molecule has 0 radical (unpaired) electrons. The highest BCUT2D eigenvalue weighted by Gasteiger charge is 2.10. The second kappa shape index (κ2) is 6.59.